The molecule has 1 aromatic carbocycles. The Bertz CT molecular complexity index is 857. The van der Waals surface area contributed by atoms with E-state index in [-0.39, 0.29) is 18.8 Å². The summed E-state index contributed by atoms with van der Waals surface area (Å²) in [6, 6.07) is 7.67. The lowest BCUT2D eigenvalue weighted by atomic mass is 10.1. The second kappa shape index (κ2) is 6.54. The van der Waals surface area contributed by atoms with Crippen LogP contribution in [0.25, 0.3) is 11.4 Å². The molecule has 0 saturated carbocycles. The van der Waals surface area contributed by atoms with E-state index >= 15 is 0 Å². The van der Waals surface area contributed by atoms with E-state index in [2.05, 4.69) is 20.5 Å². The van der Waals surface area contributed by atoms with Gasteiger partial charge in [-0.1, -0.05) is 24.3 Å². The van der Waals surface area contributed by atoms with Gasteiger partial charge in [0.1, 0.15) is 12.4 Å². The van der Waals surface area contributed by atoms with Crippen LogP contribution in [0.15, 0.2) is 36.7 Å². The number of benzene rings is 1. The third-order valence-corrected chi connectivity index (χ3v) is 3.44. The van der Waals surface area contributed by atoms with Crippen molar-refractivity contribution in [2.24, 2.45) is 0 Å². The van der Waals surface area contributed by atoms with Gasteiger partial charge in [0.25, 0.3) is 0 Å². The third kappa shape index (κ3) is 3.43. The second-order valence-electron chi connectivity index (χ2n) is 5.31. The summed E-state index contributed by atoms with van der Waals surface area (Å²) < 4.78 is 1.31. The zero-order chi connectivity index (χ0) is 17.1. The molecule has 0 unspecified atom stereocenters. The maximum Gasteiger partial charge on any atom is 0.306 e. The summed E-state index contributed by atoms with van der Waals surface area (Å²) in [6.07, 6.45) is 1.54. The first-order chi connectivity index (χ1) is 11.5. The summed E-state index contributed by atoms with van der Waals surface area (Å²) >= 11 is 0. The highest BCUT2D eigenvalue weighted by molar-refractivity contribution is 5.58. The molecule has 0 fully saturated rings. The lowest BCUT2D eigenvalue weighted by Gasteiger charge is -2.08. The molecule has 0 aliphatic rings. The van der Waals surface area contributed by atoms with E-state index in [0.29, 0.717) is 5.82 Å². The van der Waals surface area contributed by atoms with Gasteiger partial charge in [-0.05, 0) is 17.7 Å². The minimum Gasteiger partial charge on any atom is -0.389 e. The Balaban J connectivity index is 1.65. The third-order valence-electron chi connectivity index (χ3n) is 3.44. The summed E-state index contributed by atoms with van der Waals surface area (Å²) in [5.74, 6) is 0.482. The van der Waals surface area contributed by atoms with E-state index < -0.39 is 11.0 Å². The molecule has 1 N–H and O–H groups in total. The standard InChI is InChI=1S/C14H15N7O3/c1-10-4-2-3-5-13(10)14-16-18-20(17-14)9-12(22)8-19-7-11(6-15-19)21(23)24/h2-7,12,22H,8-9H2,1H3/t12-/m0/s1. The number of hydrogen-bond acceptors (Lipinski definition) is 7. The van der Waals surface area contributed by atoms with Crippen LogP contribution in [0.3, 0.4) is 0 Å². The molecule has 0 amide bonds. The predicted octanol–water partition coefficient (Wildman–Crippen LogP) is 0.814. The van der Waals surface area contributed by atoms with E-state index in [1.165, 1.54) is 15.7 Å². The van der Waals surface area contributed by atoms with Crippen LogP contribution in [0.1, 0.15) is 5.56 Å². The van der Waals surface area contributed by atoms with Gasteiger partial charge in [-0.15, -0.1) is 10.2 Å². The van der Waals surface area contributed by atoms with Gasteiger partial charge in [-0.25, -0.2) is 0 Å². The highest BCUT2D eigenvalue weighted by Crippen LogP contribution is 2.17. The first-order valence-electron chi connectivity index (χ1n) is 7.21. The fourth-order valence-corrected chi connectivity index (χ4v) is 2.26. The SMILES string of the molecule is Cc1ccccc1-c1nnn(C[C@@H](O)Cn2cc([N+](=O)[O-])cn2)n1. The Hall–Kier alpha value is -3.14. The van der Waals surface area contributed by atoms with Crippen LogP contribution in [0.2, 0.25) is 0 Å². The first kappa shape index (κ1) is 15.7. The van der Waals surface area contributed by atoms with E-state index in [4.69, 9.17) is 0 Å². The van der Waals surface area contributed by atoms with E-state index in [1.807, 2.05) is 31.2 Å². The largest absolute Gasteiger partial charge is 0.389 e. The smallest absolute Gasteiger partial charge is 0.306 e. The molecule has 10 heteroatoms. The molecule has 24 heavy (non-hydrogen) atoms. The highest BCUT2D eigenvalue weighted by Gasteiger charge is 2.14. The van der Waals surface area contributed by atoms with E-state index in [0.717, 1.165) is 17.3 Å². The molecule has 0 aliphatic heterocycles. The number of aromatic nitrogens is 6. The van der Waals surface area contributed by atoms with Crippen molar-refractivity contribution in [3.8, 4) is 11.4 Å². The second-order valence-corrected chi connectivity index (χ2v) is 5.31. The average Bonchev–Trinajstić information content (AvgIpc) is 3.17. The number of aliphatic hydroxyl groups excluding tert-OH is 1. The van der Waals surface area contributed by atoms with Crippen molar-refractivity contribution in [1.29, 1.82) is 0 Å². The van der Waals surface area contributed by atoms with Crippen molar-refractivity contribution < 1.29 is 10.0 Å². The monoisotopic (exact) mass is 329 g/mol. The van der Waals surface area contributed by atoms with Crippen molar-refractivity contribution >= 4 is 5.69 Å². The number of hydrogen-bond donors (Lipinski definition) is 1. The fourth-order valence-electron chi connectivity index (χ4n) is 2.26. The van der Waals surface area contributed by atoms with Crippen LogP contribution in [-0.4, -0.2) is 46.1 Å². The van der Waals surface area contributed by atoms with Crippen LogP contribution >= 0.6 is 0 Å². The molecular weight excluding hydrogens is 314 g/mol. The maximum atomic E-state index is 10.6. The van der Waals surface area contributed by atoms with Gasteiger partial charge in [-0.2, -0.15) is 9.90 Å². The number of nitro groups is 1. The predicted molar refractivity (Wildman–Crippen MR) is 82.9 cm³/mol. The van der Waals surface area contributed by atoms with Crippen LogP contribution in [0.5, 0.6) is 0 Å². The van der Waals surface area contributed by atoms with E-state index in [9.17, 15) is 15.2 Å². The number of nitrogens with zero attached hydrogens (tertiary/aromatic N) is 7. The first-order valence-corrected chi connectivity index (χ1v) is 7.21. The summed E-state index contributed by atoms with van der Waals surface area (Å²) in [5, 5.41) is 36.7. The Labute approximate surface area is 136 Å². The molecule has 0 aliphatic carbocycles. The number of aliphatic hydroxyl groups is 1. The average molecular weight is 329 g/mol. The molecule has 3 rings (SSSR count). The van der Waals surface area contributed by atoms with Crippen molar-refractivity contribution in [1.82, 2.24) is 30.0 Å². The van der Waals surface area contributed by atoms with Crippen molar-refractivity contribution in [3.05, 3.63) is 52.3 Å². The maximum absolute atomic E-state index is 10.6. The van der Waals surface area contributed by atoms with Crippen LogP contribution in [0, 0.1) is 17.0 Å². The highest BCUT2D eigenvalue weighted by atomic mass is 16.6. The topological polar surface area (TPSA) is 125 Å². The number of aryl methyl sites for hydroxylation is 1. The fraction of sp³-hybridized carbons (Fsp3) is 0.286. The molecule has 0 radical (unpaired) electrons. The number of rotatable bonds is 6. The molecule has 2 heterocycles. The number of tetrazole rings is 1. The summed E-state index contributed by atoms with van der Waals surface area (Å²) in [7, 11) is 0. The minimum absolute atomic E-state index is 0.0923. The molecule has 0 saturated heterocycles. The molecule has 0 bridgehead atoms. The molecule has 10 nitrogen and oxygen atoms in total. The molecule has 2 aromatic heterocycles. The normalized spacial score (nSPS) is 12.2. The summed E-state index contributed by atoms with van der Waals surface area (Å²) in [6.45, 7) is 2.15. The van der Waals surface area contributed by atoms with Crippen LogP contribution in [-0.2, 0) is 13.1 Å². The molecular formula is C14H15N7O3. The van der Waals surface area contributed by atoms with Gasteiger partial charge in [0, 0.05) is 5.56 Å². The van der Waals surface area contributed by atoms with Crippen LogP contribution in [0.4, 0.5) is 5.69 Å². The van der Waals surface area contributed by atoms with Crippen LogP contribution < -0.4 is 0 Å². The Morgan fingerprint density at radius 1 is 1.33 bits per heavy atom. The summed E-state index contributed by atoms with van der Waals surface area (Å²) in [5.41, 5.74) is 1.78. The van der Waals surface area contributed by atoms with Gasteiger partial charge in [0.2, 0.25) is 5.82 Å². The zero-order valence-corrected chi connectivity index (χ0v) is 12.8. The quantitative estimate of drug-likeness (QED) is 0.524. The van der Waals surface area contributed by atoms with Gasteiger partial charge >= 0.3 is 5.69 Å². The van der Waals surface area contributed by atoms with Crippen molar-refractivity contribution in [2.75, 3.05) is 0 Å². The molecule has 3 aromatic rings. The minimum atomic E-state index is -0.858. The van der Waals surface area contributed by atoms with Gasteiger partial charge in [-0.3, -0.25) is 14.8 Å². The molecule has 0 spiro atoms. The van der Waals surface area contributed by atoms with Gasteiger partial charge in [0.15, 0.2) is 0 Å². The summed E-state index contributed by atoms with van der Waals surface area (Å²) in [4.78, 5) is 11.4. The van der Waals surface area contributed by atoms with Crippen molar-refractivity contribution in [2.45, 2.75) is 26.1 Å². The van der Waals surface area contributed by atoms with Gasteiger partial charge < -0.3 is 5.11 Å². The Morgan fingerprint density at radius 3 is 2.83 bits per heavy atom. The molecule has 1 atom stereocenters. The lowest BCUT2D eigenvalue weighted by Crippen LogP contribution is -2.23. The van der Waals surface area contributed by atoms with Gasteiger partial charge in [0.05, 0.1) is 24.1 Å². The van der Waals surface area contributed by atoms with Crippen molar-refractivity contribution in [3.63, 3.8) is 0 Å². The Morgan fingerprint density at radius 2 is 2.12 bits per heavy atom. The molecule has 124 valence electrons. The Kier molecular flexibility index (Phi) is 4.29. The zero-order valence-electron chi connectivity index (χ0n) is 12.8. The lowest BCUT2D eigenvalue weighted by molar-refractivity contribution is -0.385. The van der Waals surface area contributed by atoms with E-state index in [1.54, 1.807) is 0 Å².